The van der Waals surface area contributed by atoms with Gasteiger partial charge in [-0.3, -0.25) is 4.79 Å². The summed E-state index contributed by atoms with van der Waals surface area (Å²) in [4.78, 5) is 11.7. The molecular formula is C16H16N2O3S. The Morgan fingerprint density at radius 3 is 2.36 bits per heavy atom. The summed E-state index contributed by atoms with van der Waals surface area (Å²) in [5.41, 5.74) is 1.48. The van der Waals surface area contributed by atoms with Gasteiger partial charge in [-0.1, -0.05) is 48.5 Å². The lowest BCUT2D eigenvalue weighted by Crippen LogP contribution is -2.49. The minimum atomic E-state index is -3.70. The van der Waals surface area contributed by atoms with Crippen LogP contribution in [0.4, 0.5) is 0 Å². The van der Waals surface area contributed by atoms with Crippen LogP contribution in [0, 0.1) is 0 Å². The van der Waals surface area contributed by atoms with Crippen LogP contribution >= 0.6 is 0 Å². The van der Waals surface area contributed by atoms with Crippen molar-refractivity contribution in [2.75, 3.05) is 19.6 Å². The van der Waals surface area contributed by atoms with Gasteiger partial charge in [-0.15, -0.1) is 0 Å². The normalized spacial score (nSPS) is 16.3. The van der Waals surface area contributed by atoms with E-state index in [0.29, 0.717) is 12.1 Å². The van der Waals surface area contributed by atoms with E-state index in [2.05, 4.69) is 5.32 Å². The Kier molecular flexibility index (Phi) is 3.96. The molecule has 0 spiro atoms. The number of piperazine rings is 1. The molecule has 1 saturated heterocycles. The van der Waals surface area contributed by atoms with E-state index in [0.717, 1.165) is 5.56 Å². The summed E-state index contributed by atoms with van der Waals surface area (Å²) in [5.74, 6) is -0.271. The third-order valence-electron chi connectivity index (χ3n) is 3.59. The average Bonchev–Trinajstić information content (AvgIpc) is 2.56. The van der Waals surface area contributed by atoms with Gasteiger partial charge in [0, 0.05) is 18.7 Å². The third kappa shape index (κ3) is 2.75. The minimum absolute atomic E-state index is 0.133. The highest BCUT2D eigenvalue weighted by molar-refractivity contribution is 7.89. The first-order chi connectivity index (χ1) is 10.6. The second-order valence-electron chi connectivity index (χ2n) is 5.05. The smallest absolute Gasteiger partial charge is 0.244 e. The number of nitrogens with one attached hydrogen (secondary N) is 1. The molecule has 6 heteroatoms. The van der Waals surface area contributed by atoms with Crippen LogP contribution in [0.15, 0.2) is 59.5 Å². The van der Waals surface area contributed by atoms with Crippen LogP contribution in [-0.2, 0) is 14.8 Å². The van der Waals surface area contributed by atoms with E-state index in [1.807, 2.05) is 36.4 Å². The van der Waals surface area contributed by atoms with Crippen LogP contribution in [0.2, 0.25) is 0 Å². The molecule has 0 bridgehead atoms. The molecule has 3 rings (SSSR count). The summed E-state index contributed by atoms with van der Waals surface area (Å²) >= 11 is 0. The third-order valence-corrected chi connectivity index (χ3v) is 5.50. The molecule has 1 aliphatic rings. The van der Waals surface area contributed by atoms with Gasteiger partial charge in [0.2, 0.25) is 15.9 Å². The molecule has 1 N–H and O–H groups in total. The molecule has 0 unspecified atom stereocenters. The van der Waals surface area contributed by atoms with Gasteiger partial charge in [-0.05, 0) is 11.6 Å². The lowest BCUT2D eigenvalue weighted by atomic mass is 10.1. The van der Waals surface area contributed by atoms with Crippen molar-refractivity contribution in [3.05, 3.63) is 54.6 Å². The zero-order valence-corrected chi connectivity index (χ0v) is 12.7. The lowest BCUT2D eigenvalue weighted by Gasteiger charge is -2.26. The second kappa shape index (κ2) is 5.90. The highest BCUT2D eigenvalue weighted by Crippen LogP contribution is 2.29. The second-order valence-corrected chi connectivity index (χ2v) is 6.96. The van der Waals surface area contributed by atoms with E-state index in [-0.39, 0.29) is 23.9 Å². The maximum absolute atomic E-state index is 12.9. The van der Waals surface area contributed by atoms with Crippen LogP contribution in [0.3, 0.4) is 0 Å². The molecule has 0 atom stereocenters. The number of hydrogen-bond donors (Lipinski definition) is 1. The molecule has 0 aromatic heterocycles. The van der Waals surface area contributed by atoms with Crippen LogP contribution in [-0.4, -0.2) is 38.3 Å². The predicted octanol–water partition coefficient (Wildman–Crippen LogP) is 1.47. The van der Waals surface area contributed by atoms with Crippen molar-refractivity contribution in [2.45, 2.75) is 4.90 Å². The van der Waals surface area contributed by atoms with Gasteiger partial charge in [-0.25, -0.2) is 8.42 Å². The van der Waals surface area contributed by atoms with Crippen LogP contribution in [0.25, 0.3) is 11.1 Å². The first kappa shape index (κ1) is 14.7. The number of rotatable bonds is 3. The van der Waals surface area contributed by atoms with Crippen molar-refractivity contribution in [3.8, 4) is 11.1 Å². The van der Waals surface area contributed by atoms with Crippen molar-refractivity contribution in [1.29, 1.82) is 0 Å². The molecule has 5 nitrogen and oxygen atoms in total. The monoisotopic (exact) mass is 316 g/mol. The van der Waals surface area contributed by atoms with Crippen molar-refractivity contribution < 1.29 is 13.2 Å². The number of carbonyl (C=O) groups excluding carboxylic acids is 1. The minimum Gasteiger partial charge on any atom is -0.354 e. The van der Waals surface area contributed by atoms with Crippen LogP contribution < -0.4 is 5.32 Å². The maximum atomic E-state index is 12.9. The highest BCUT2D eigenvalue weighted by Gasteiger charge is 2.30. The average molecular weight is 316 g/mol. The standard InChI is InChI=1S/C16H16N2O3S/c19-16-12-18(11-10-17-16)22(20,21)15-9-5-4-8-14(15)13-6-2-1-3-7-13/h1-9H,10-12H2,(H,17,19). The lowest BCUT2D eigenvalue weighted by molar-refractivity contribution is -0.122. The van der Waals surface area contributed by atoms with Crippen LogP contribution in [0.5, 0.6) is 0 Å². The molecular weight excluding hydrogens is 300 g/mol. The van der Waals surface area contributed by atoms with Gasteiger partial charge in [-0.2, -0.15) is 4.31 Å². The van der Waals surface area contributed by atoms with Gasteiger partial charge in [0.1, 0.15) is 0 Å². The highest BCUT2D eigenvalue weighted by atomic mass is 32.2. The van der Waals surface area contributed by atoms with E-state index in [1.54, 1.807) is 18.2 Å². The molecule has 0 saturated carbocycles. The molecule has 1 amide bonds. The van der Waals surface area contributed by atoms with E-state index in [1.165, 1.54) is 4.31 Å². The summed E-state index contributed by atoms with van der Waals surface area (Å²) in [6, 6.07) is 16.2. The maximum Gasteiger partial charge on any atom is 0.244 e. The SMILES string of the molecule is O=C1CN(S(=O)(=O)c2ccccc2-c2ccccc2)CCN1. The van der Waals surface area contributed by atoms with Gasteiger partial charge >= 0.3 is 0 Å². The van der Waals surface area contributed by atoms with Crippen molar-refractivity contribution in [3.63, 3.8) is 0 Å². The Balaban J connectivity index is 2.06. The van der Waals surface area contributed by atoms with Crippen LogP contribution in [0.1, 0.15) is 0 Å². The van der Waals surface area contributed by atoms with Crippen molar-refractivity contribution in [1.82, 2.24) is 9.62 Å². The molecule has 1 aliphatic heterocycles. The molecule has 1 fully saturated rings. The van der Waals surface area contributed by atoms with E-state index < -0.39 is 10.0 Å². The summed E-state index contributed by atoms with van der Waals surface area (Å²) in [5, 5.41) is 2.64. The molecule has 2 aromatic carbocycles. The van der Waals surface area contributed by atoms with Gasteiger partial charge in [0.15, 0.2) is 0 Å². The topological polar surface area (TPSA) is 66.5 Å². The number of sulfonamides is 1. The number of benzene rings is 2. The number of hydrogen-bond acceptors (Lipinski definition) is 3. The molecule has 1 heterocycles. The van der Waals surface area contributed by atoms with E-state index in [9.17, 15) is 13.2 Å². The Morgan fingerprint density at radius 2 is 1.64 bits per heavy atom. The molecule has 22 heavy (non-hydrogen) atoms. The fourth-order valence-electron chi connectivity index (χ4n) is 2.51. The summed E-state index contributed by atoms with van der Waals surface area (Å²) in [6.45, 7) is 0.494. The molecule has 0 aliphatic carbocycles. The number of amides is 1. The molecule has 114 valence electrons. The molecule has 0 radical (unpaired) electrons. The predicted molar refractivity (Wildman–Crippen MR) is 83.6 cm³/mol. The number of nitrogens with zero attached hydrogens (tertiary/aromatic N) is 1. The van der Waals surface area contributed by atoms with E-state index in [4.69, 9.17) is 0 Å². The van der Waals surface area contributed by atoms with E-state index >= 15 is 0 Å². The Labute approximate surface area is 129 Å². The summed E-state index contributed by atoms with van der Waals surface area (Å²) in [7, 11) is -3.70. The first-order valence-electron chi connectivity index (χ1n) is 7.00. The zero-order chi connectivity index (χ0) is 15.6. The van der Waals surface area contributed by atoms with Gasteiger partial charge in [0.05, 0.1) is 11.4 Å². The van der Waals surface area contributed by atoms with Gasteiger partial charge < -0.3 is 5.32 Å². The first-order valence-corrected chi connectivity index (χ1v) is 8.44. The largest absolute Gasteiger partial charge is 0.354 e. The van der Waals surface area contributed by atoms with Crippen molar-refractivity contribution in [2.24, 2.45) is 0 Å². The Bertz CT molecular complexity index is 788. The Morgan fingerprint density at radius 1 is 0.955 bits per heavy atom. The van der Waals surface area contributed by atoms with Crippen molar-refractivity contribution >= 4 is 15.9 Å². The molecule has 2 aromatic rings. The fourth-order valence-corrected chi connectivity index (χ4v) is 4.12. The summed E-state index contributed by atoms with van der Waals surface area (Å²) in [6.07, 6.45) is 0. The zero-order valence-electron chi connectivity index (χ0n) is 11.9. The quantitative estimate of drug-likeness (QED) is 0.932. The Hall–Kier alpha value is -2.18. The fraction of sp³-hybridized carbons (Fsp3) is 0.188. The number of carbonyl (C=O) groups is 1. The van der Waals surface area contributed by atoms with Gasteiger partial charge in [0.25, 0.3) is 0 Å². The summed E-state index contributed by atoms with van der Waals surface area (Å²) < 4.78 is 27.0.